The number of piperazine rings is 1. The molecule has 1 saturated heterocycles. The summed E-state index contributed by atoms with van der Waals surface area (Å²) in [6.07, 6.45) is 0.816. The van der Waals surface area contributed by atoms with E-state index in [0.29, 0.717) is 40.3 Å². The van der Waals surface area contributed by atoms with Crippen molar-refractivity contribution in [2.45, 2.75) is 33.1 Å². The van der Waals surface area contributed by atoms with Crippen LogP contribution in [0.2, 0.25) is 0 Å². The van der Waals surface area contributed by atoms with Crippen molar-refractivity contribution in [1.29, 1.82) is 0 Å². The van der Waals surface area contributed by atoms with Gasteiger partial charge in [-0.25, -0.2) is 14.4 Å². The summed E-state index contributed by atoms with van der Waals surface area (Å²) in [4.78, 5) is 43.3. The van der Waals surface area contributed by atoms with Gasteiger partial charge in [-0.1, -0.05) is 24.3 Å². The number of halogens is 1. The Morgan fingerprint density at radius 1 is 0.933 bits per heavy atom. The molecule has 1 fully saturated rings. The number of methoxy groups -OCH3 is 2. The first kappa shape index (κ1) is 35.3. The van der Waals surface area contributed by atoms with Gasteiger partial charge in [0.25, 0.3) is 0 Å². The lowest BCUT2D eigenvalue weighted by Gasteiger charge is -2.36. The van der Waals surface area contributed by atoms with Gasteiger partial charge in [-0.3, -0.25) is 4.90 Å². The van der Waals surface area contributed by atoms with Crippen molar-refractivity contribution in [3.63, 3.8) is 0 Å². The van der Waals surface area contributed by atoms with E-state index >= 15 is 0 Å². The van der Waals surface area contributed by atoms with E-state index in [-0.39, 0.29) is 25.0 Å². The lowest BCUT2D eigenvalue weighted by molar-refractivity contribution is -0.139. The first-order valence-electron chi connectivity index (χ1n) is 15.0. The molecule has 2 amide bonds. The van der Waals surface area contributed by atoms with Crippen LogP contribution in [0.25, 0.3) is 0 Å². The summed E-state index contributed by atoms with van der Waals surface area (Å²) in [5, 5.41) is 8.93. The maximum absolute atomic E-state index is 13.0. The van der Waals surface area contributed by atoms with Crippen molar-refractivity contribution in [3.8, 4) is 5.75 Å². The van der Waals surface area contributed by atoms with E-state index in [0.717, 1.165) is 50.6 Å². The average Bonchev–Trinajstić information content (AvgIpc) is 3.03. The number of ether oxygens (including phenoxy) is 3. The Kier molecular flexibility index (Phi) is 13.1. The summed E-state index contributed by atoms with van der Waals surface area (Å²) < 4.78 is 15.9. The number of nitrogens with zero attached hydrogens (tertiary/aromatic N) is 2. The number of carbonyl (C=O) groups is 3. The van der Waals surface area contributed by atoms with E-state index in [1.807, 2.05) is 24.3 Å². The van der Waals surface area contributed by atoms with Crippen LogP contribution in [0.5, 0.6) is 5.75 Å². The predicted molar refractivity (Wildman–Crippen MR) is 177 cm³/mol. The molecule has 0 aromatic heterocycles. The number of hydrogen-bond acceptors (Lipinski definition) is 9. The topological polar surface area (TPSA) is 121 Å². The van der Waals surface area contributed by atoms with Gasteiger partial charge in [0.05, 0.1) is 43.6 Å². The maximum Gasteiger partial charge on any atom is 0.336 e. The van der Waals surface area contributed by atoms with Gasteiger partial charge in [0.15, 0.2) is 0 Å². The monoisotopic (exact) mass is 641 g/mol. The van der Waals surface area contributed by atoms with Crippen molar-refractivity contribution >= 4 is 41.8 Å². The van der Waals surface area contributed by atoms with Crippen LogP contribution in [0.3, 0.4) is 0 Å². The van der Waals surface area contributed by atoms with E-state index < -0.39 is 17.9 Å². The molecule has 0 aliphatic carbocycles. The summed E-state index contributed by atoms with van der Waals surface area (Å²) in [7, 11) is 3.00. The molecule has 12 heteroatoms. The van der Waals surface area contributed by atoms with Gasteiger partial charge in [0.2, 0.25) is 0 Å². The number of amides is 2. The van der Waals surface area contributed by atoms with Crippen molar-refractivity contribution < 1.29 is 28.6 Å². The van der Waals surface area contributed by atoms with E-state index in [9.17, 15) is 14.4 Å². The average molecular weight is 642 g/mol. The van der Waals surface area contributed by atoms with Crippen molar-refractivity contribution in [2.24, 2.45) is 0 Å². The minimum absolute atomic E-state index is 0. The molecule has 11 nitrogen and oxygen atoms in total. The molecule has 0 saturated carbocycles. The number of rotatable bonds is 11. The third kappa shape index (κ3) is 8.70. The zero-order valence-electron chi connectivity index (χ0n) is 26.6. The molecule has 2 aromatic rings. The molecule has 1 atom stereocenters. The van der Waals surface area contributed by atoms with Crippen LogP contribution in [-0.4, -0.2) is 83.0 Å². The van der Waals surface area contributed by atoms with Crippen LogP contribution in [0.4, 0.5) is 16.2 Å². The SMILES string of the molecule is CCOC(=O)C1=C(C)NC(C)=C(C(=O)OC)C1c1cccc(NC(=O)NCCCN2CCN(c3ccccc3OC)CC2)c1.Cl. The molecular formula is C33H44ClN5O6. The quantitative estimate of drug-likeness (QED) is 0.242. The van der Waals surface area contributed by atoms with Gasteiger partial charge in [-0.15, -0.1) is 12.4 Å². The smallest absolute Gasteiger partial charge is 0.336 e. The van der Waals surface area contributed by atoms with E-state index in [1.54, 1.807) is 46.1 Å². The standard InChI is InChI=1S/C33H43N5O6.ClH/c1-6-44-32(40)29-23(3)35-22(2)28(31(39)43-5)30(29)24-11-9-12-25(21-24)36-33(41)34-15-10-16-37-17-19-38(20-18-37)26-13-7-8-14-27(26)42-4;/h7-9,11-14,21,30,35H,6,10,15-20H2,1-5H3,(H2,34,36,41);1H. The molecule has 3 N–H and O–H groups in total. The van der Waals surface area contributed by atoms with Crippen molar-refractivity contribution in [3.05, 3.63) is 76.6 Å². The number of dihydropyridines is 1. The van der Waals surface area contributed by atoms with Crippen molar-refractivity contribution in [1.82, 2.24) is 15.5 Å². The number of allylic oxidation sites excluding steroid dienone is 2. The van der Waals surface area contributed by atoms with Crippen LogP contribution in [0.1, 0.15) is 38.7 Å². The summed E-state index contributed by atoms with van der Waals surface area (Å²) >= 11 is 0. The second-order valence-corrected chi connectivity index (χ2v) is 10.7. The van der Waals surface area contributed by atoms with Crippen LogP contribution in [-0.2, 0) is 19.1 Å². The van der Waals surface area contributed by atoms with Gasteiger partial charge in [-0.05, 0) is 63.6 Å². The lowest BCUT2D eigenvalue weighted by atomic mass is 9.80. The van der Waals surface area contributed by atoms with Gasteiger partial charge < -0.3 is 35.1 Å². The number of anilines is 2. The number of para-hydroxylation sites is 2. The molecule has 244 valence electrons. The van der Waals surface area contributed by atoms with Crippen LogP contribution in [0.15, 0.2) is 71.1 Å². The van der Waals surface area contributed by atoms with Crippen LogP contribution >= 0.6 is 12.4 Å². The number of carbonyl (C=O) groups excluding carboxylic acids is 3. The molecule has 0 bridgehead atoms. The Balaban J connectivity index is 0.00000552. The Morgan fingerprint density at radius 2 is 1.62 bits per heavy atom. The zero-order chi connectivity index (χ0) is 31.6. The van der Waals surface area contributed by atoms with Crippen molar-refractivity contribution in [2.75, 3.05) is 70.3 Å². The highest BCUT2D eigenvalue weighted by Gasteiger charge is 2.37. The molecular weight excluding hydrogens is 598 g/mol. The van der Waals surface area contributed by atoms with Gasteiger partial charge >= 0.3 is 18.0 Å². The van der Waals surface area contributed by atoms with Crippen LogP contribution in [0, 0.1) is 0 Å². The van der Waals surface area contributed by atoms with Gasteiger partial charge in [0.1, 0.15) is 5.75 Å². The highest BCUT2D eigenvalue weighted by Crippen LogP contribution is 2.40. The fourth-order valence-corrected chi connectivity index (χ4v) is 5.77. The molecule has 4 rings (SSSR count). The van der Waals surface area contributed by atoms with Gasteiger partial charge in [0, 0.05) is 49.8 Å². The molecule has 0 radical (unpaired) electrons. The summed E-state index contributed by atoms with van der Waals surface area (Å²) in [6.45, 7) is 10.6. The number of nitrogens with one attached hydrogen (secondary N) is 3. The largest absolute Gasteiger partial charge is 0.495 e. The Bertz CT molecular complexity index is 1420. The number of urea groups is 1. The minimum atomic E-state index is -0.726. The number of esters is 2. The predicted octanol–water partition coefficient (Wildman–Crippen LogP) is 4.42. The molecule has 2 aromatic carbocycles. The number of hydrogen-bond donors (Lipinski definition) is 3. The number of benzene rings is 2. The normalized spacial score (nSPS) is 16.7. The maximum atomic E-state index is 13.0. The fourth-order valence-electron chi connectivity index (χ4n) is 5.77. The first-order valence-corrected chi connectivity index (χ1v) is 15.0. The lowest BCUT2D eigenvalue weighted by Crippen LogP contribution is -2.47. The fraction of sp³-hybridized carbons (Fsp3) is 0.424. The first-order chi connectivity index (χ1) is 21.3. The summed E-state index contributed by atoms with van der Waals surface area (Å²) in [6, 6.07) is 14.9. The minimum Gasteiger partial charge on any atom is -0.495 e. The molecule has 2 heterocycles. The van der Waals surface area contributed by atoms with E-state index in [1.165, 1.54) is 7.11 Å². The highest BCUT2D eigenvalue weighted by atomic mass is 35.5. The third-order valence-electron chi connectivity index (χ3n) is 7.87. The molecule has 45 heavy (non-hydrogen) atoms. The van der Waals surface area contributed by atoms with E-state index in [4.69, 9.17) is 14.2 Å². The zero-order valence-corrected chi connectivity index (χ0v) is 27.4. The highest BCUT2D eigenvalue weighted by molar-refractivity contribution is 6.00. The van der Waals surface area contributed by atoms with Crippen LogP contribution < -0.4 is 25.6 Å². The second-order valence-electron chi connectivity index (χ2n) is 10.7. The molecule has 2 aliphatic rings. The molecule has 0 spiro atoms. The van der Waals surface area contributed by atoms with E-state index in [2.05, 4.69) is 31.8 Å². The summed E-state index contributed by atoms with van der Waals surface area (Å²) in [5.41, 5.74) is 4.12. The Labute approximate surface area is 271 Å². The molecule has 1 unspecified atom stereocenters. The molecule has 2 aliphatic heterocycles. The Morgan fingerprint density at radius 3 is 2.29 bits per heavy atom. The Hall–Kier alpha value is -4.22. The third-order valence-corrected chi connectivity index (χ3v) is 7.87. The summed E-state index contributed by atoms with van der Waals surface area (Å²) in [5.74, 6) is -0.907. The second kappa shape index (κ2) is 16.7. The van der Waals surface area contributed by atoms with Gasteiger partial charge in [-0.2, -0.15) is 0 Å².